The van der Waals surface area contributed by atoms with Crippen LogP contribution in [0, 0.1) is 0 Å². The zero-order valence-corrected chi connectivity index (χ0v) is 15.1. The summed E-state index contributed by atoms with van der Waals surface area (Å²) in [5, 5.41) is 20.7. The molecule has 2 aliphatic heterocycles. The SMILES string of the molecule is O=C([O-])CC1CCSS1.O=C([O-])CC1CCSS1.[Mg+2]. The number of hydrogen-bond donors (Lipinski definition) is 0. The van der Waals surface area contributed by atoms with Crippen LogP contribution in [0.2, 0.25) is 0 Å². The van der Waals surface area contributed by atoms with E-state index in [1.54, 1.807) is 43.2 Å². The Hall–Kier alpha value is 1.11. The zero-order valence-electron chi connectivity index (χ0n) is 10.4. The molecule has 0 amide bonds. The van der Waals surface area contributed by atoms with Crippen LogP contribution in [0.1, 0.15) is 25.7 Å². The average molecular weight is 351 g/mol. The Kier molecular flexibility index (Phi) is 12.4. The molecule has 0 aromatic heterocycles. The van der Waals surface area contributed by atoms with Crippen LogP contribution in [0.25, 0.3) is 0 Å². The van der Waals surface area contributed by atoms with Gasteiger partial charge in [0.15, 0.2) is 0 Å². The molecule has 2 rings (SSSR count). The summed E-state index contributed by atoms with van der Waals surface area (Å²) in [6.07, 6.45) is 2.47. The number of rotatable bonds is 4. The molecule has 2 saturated heterocycles. The summed E-state index contributed by atoms with van der Waals surface area (Å²) >= 11 is 0. The molecule has 2 heterocycles. The van der Waals surface area contributed by atoms with Crippen molar-refractivity contribution in [1.82, 2.24) is 0 Å². The third-order valence-corrected chi connectivity index (χ3v) is 8.12. The van der Waals surface area contributed by atoms with E-state index in [-0.39, 0.29) is 35.9 Å². The predicted octanol–water partition coefficient (Wildman–Crippen LogP) is 0.179. The van der Waals surface area contributed by atoms with Gasteiger partial charge in [-0.1, -0.05) is 43.2 Å². The molecule has 9 heteroatoms. The van der Waals surface area contributed by atoms with Crippen LogP contribution in [-0.4, -0.2) is 57.0 Å². The predicted molar refractivity (Wildman–Crippen MR) is 81.9 cm³/mol. The van der Waals surface area contributed by atoms with Gasteiger partial charge in [0.05, 0.1) is 0 Å². The second-order valence-corrected chi connectivity index (χ2v) is 9.39. The van der Waals surface area contributed by atoms with Crippen LogP contribution in [-0.2, 0) is 9.59 Å². The third kappa shape index (κ3) is 10.5. The van der Waals surface area contributed by atoms with Crippen molar-refractivity contribution in [2.75, 3.05) is 11.5 Å². The molecule has 0 aliphatic carbocycles. The van der Waals surface area contributed by atoms with Crippen molar-refractivity contribution in [2.45, 2.75) is 36.2 Å². The maximum Gasteiger partial charge on any atom is 2.00 e. The van der Waals surface area contributed by atoms with Gasteiger partial charge in [-0.25, -0.2) is 0 Å². The first-order valence-electron chi connectivity index (χ1n) is 5.54. The van der Waals surface area contributed by atoms with Crippen LogP contribution in [0.4, 0.5) is 0 Å². The van der Waals surface area contributed by atoms with Crippen molar-refractivity contribution in [3.8, 4) is 0 Å². The van der Waals surface area contributed by atoms with Gasteiger partial charge in [-0.15, -0.1) is 0 Å². The van der Waals surface area contributed by atoms with Crippen molar-refractivity contribution in [1.29, 1.82) is 0 Å². The van der Waals surface area contributed by atoms with Gasteiger partial charge >= 0.3 is 23.1 Å². The number of carboxylic acids is 2. The molecule has 4 nitrogen and oxygen atoms in total. The van der Waals surface area contributed by atoms with Crippen LogP contribution in [0.5, 0.6) is 0 Å². The Bertz CT molecular complexity index is 253. The first kappa shape index (κ1) is 20.1. The Balaban J connectivity index is 0.000000324. The monoisotopic (exact) mass is 350 g/mol. The third-order valence-electron chi connectivity index (χ3n) is 2.24. The van der Waals surface area contributed by atoms with Gasteiger partial charge < -0.3 is 19.8 Å². The molecule has 0 aromatic rings. The summed E-state index contributed by atoms with van der Waals surface area (Å²) in [5.74, 6) is 0.329. The summed E-state index contributed by atoms with van der Waals surface area (Å²) < 4.78 is 0. The van der Waals surface area contributed by atoms with Crippen LogP contribution in [0.3, 0.4) is 0 Å². The van der Waals surface area contributed by atoms with E-state index >= 15 is 0 Å². The minimum atomic E-state index is -0.921. The molecule has 2 fully saturated rings. The first-order chi connectivity index (χ1) is 8.58. The molecule has 104 valence electrons. The van der Waals surface area contributed by atoms with E-state index in [0.29, 0.717) is 10.5 Å². The molecule has 2 atom stereocenters. The molecule has 0 aromatic carbocycles. The summed E-state index contributed by atoms with van der Waals surface area (Å²) in [4.78, 5) is 20.0. The summed E-state index contributed by atoms with van der Waals surface area (Å²) in [6.45, 7) is 0. The standard InChI is InChI=1S/2C5H8O2S2.Mg/c2*6-5(7)3-4-1-2-8-9-4;/h2*4H,1-3H2,(H,6,7);/q;;+2/p-2. The Labute approximate surface area is 144 Å². The summed E-state index contributed by atoms with van der Waals surface area (Å²) in [6, 6.07) is 0. The van der Waals surface area contributed by atoms with E-state index in [4.69, 9.17) is 0 Å². The molecular formula is C10H14MgO4S4. The Morgan fingerprint density at radius 1 is 0.895 bits per heavy atom. The Morgan fingerprint density at radius 2 is 1.26 bits per heavy atom. The van der Waals surface area contributed by atoms with Crippen LogP contribution >= 0.6 is 43.2 Å². The first-order valence-corrected chi connectivity index (χ1v) is 10.3. The smallest absolute Gasteiger partial charge is 0.550 e. The van der Waals surface area contributed by atoms with Crippen LogP contribution < -0.4 is 10.2 Å². The van der Waals surface area contributed by atoms with Gasteiger partial charge in [-0.3, -0.25) is 0 Å². The minimum Gasteiger partial charge on any atom is -0.550 e. The van der Waals surface area contributed by atoms with Crippen molar-refractivity contribution < 1.29 is 19.8 Å². The summed E-state index contributed by atoms with van der Waals surface area (Å²) in [5.41, 5.74) is 0. The molecule has 0 saturated carbocycles. The molecule has 2 aliphatic rings. The van der Waals surface area contributed by atoms with E-state index in [2.05, 4.69) is 0 Å². The average Bonchev–Trinajstić information content (AvgIpc) is 2.90. The number of carbonyl (C=O) groups excluding carboxylic acids is 2. The van der Waals surface area contributed by atoms with E-state index in [1.165, 1.54) is 0 Å². The topological polar surface area (TPSA) is 80.3 Å². The quantitative estimate of drug-likeness (QED) is 0.524. The second kappa shape index (κ2) is 11.7. The second-order valence-electron chi connectivity index (χ2n) is 3.81. The number of carboxylic acid groups (broad SMARTS) is 2. The largest absolute Gasteiger partial charge is 2.00 e. The fourth-order valence-electron chi connectivity index (χ4n) is 1.39. The molecule has 0 spiro atoms. The fraction of sp³-hybridized carbons (Fsp3) is 0.800. The van der Waals surface area contributed by atoms with Crippen molar-refractivity contribution in [3.05, 3.63) is 0 Å². The fourth-order valence-corrected chi connectivity index (χ4v) is 7.16. The maximum atomic E-state index is 10.0. The molecule has 0 radical (unpaired) electrons. The van der Waals surface area contributed by atoms with Gasteiger partial charge in [-0.2, -0.15) is 0 Å². The maximum absolute atomic E-state index is 10.0. The van der Waals surface area contributed by atoms with Gasteiger partial charge in [-0.05, 0) is 25.7 Å². The van der Waals surface area contributed by atoms with Gasteiger partial charge in [0, 0.05) is 33.9 Å². The minimum absolute atomic E-state index is 0. The van der Waals surface area contributed by atoms with Crippen LogP contribution in [0.15, 0.2) is 0 Å². The van der Waals surface area contributed by atoms with E-state index in [9.17, 15) is 19.8 Å². The van der Waals surface area contributed by atoms with Crippen molar-refractivity contribution in [2.24, 2.45) is 0 Å². The summed E-state index contributed by atoms with van der Waals surface area (Å²) in [7, 11) is 6.83. The molecule has 0 bridgehead atoms. The Morgan fingerprint density at radius 3 is 1.47 bits per heavy atom. The van der Waals surface area contributed by atoms with Gasteiger partial charge in [0.2, 0.25) is 0 Å². The number of hydrogen-bond acceptors (Lipinski definition) is 8. The number of carbonyl (C=O) groups is 2. The van der Waals surface area contributed by atoms with E-state index in [1.807, 2.05) is 0 Å². The van der Waals surface area contributed by atoms with E-state index < -0.39 is 11.9 Å². The number of aliphatic carboxylic acids is 2. The van der Waals surface area contributed by atoms with Gasteiger partial charge in [0.25, 0.3) is 0 Å². The van der Waals surface area contributed by atoms with Crippen molar-refractivity contribution >= 4 is 78.2 Å². The van der Waals surface area contributed by atoms with E-state index in [0.717, 1.165) is 24.3 Å². The molecular weight excluding hydrogens is 337 g/mol. The van der Waals surface area contributed by atoms with Gasteiger partial charge in [0.1, 0.15) is 0 Å². The molecule has 0 N–H and O–H groups in total. The zero-order chi connectivity index (χ0) is 13.4. The molecule has 19 heavy (non-hydrogen) atoms. The molecule has 2 unspecified atom stereocenters. The van der Waals surface area contributed by atoms with Crippen molar-refractivity contribution in [3.63, 3.8) is 0 Å². The normalized spacial score (nSPS) is 25.1.